The van der Waals surface area contributed by atoms with Crippen LogP contribution in [0.3, 0.4) is 0 Å². The van der Waals surface area contributed by atoms with Gasteiger partial charge in [-0.2, -0.15) is 0 Å². The summed E-state index contributed by atoms with van der Waals surface area (Å²) in [7, 11) is -3.85. The highest BCUT2D eigenvalue weighted by Crippen LogP contribution is 2.37. The van der Waals surface area contributed by atoms with Gasteiger partial charge in [0.05, 0.1) is 0 Å². The molecule has 0 saturated heterocycles. The van der Waals surface area contributed by atoms with E-state index in [4.69, 9.17) is 14.6 Å². The van der Waals surface area contributed by atoms with E-state index in [0.29, 0.717) is 22.3 Å². The van der Waals surface area contributed by atoms with Crippen molar-refractivity contribution < 1.29 is 17.9 Å². The zero-order valence-corrected chi connectivity index (χ0v) is 9.40. The van der Waals surface area contributed by atoms with Gasteiger partial charge >= 0.3 is 0 Å². The van der Waals surface area contributed by atoms with Crippen LogP contribution in [0.4, 0.5) is 0 Å². The van der Waals surface area contributed by atoms with Gasteiger partial charge in [-0.05, 0) is 23.6 Å². The van der Waals surface area contributed by atoms with Crippen molar-refractivity contribution in [3.05, 3.63) is 24.4 Å². The van der Waals surface area contributed by atoms with Crippen molar-refractivity contribution in [1.29, 1.82) is 0 Å². The monoisotopic (exact) mass is 252 g/mol. The summed E-state index contributed by atoms with van der Waals surface area (Å²) in [5.41, 5.74) is 0. The summed E-state index contributed by atoms with van der Waals surface area (Å²) >= 11 is 0. The molecular weight excluding hydrogens is 244 g/mol. The van der Waals surface area contributed by atoms with E-state index in [9.17, 15) is 8.42 Å². The highest BCUT2D eigenvalue weighted by atomic mass is 32.2. The summed E-state index contributed by atoms with van der Waals surface area (Å²) in [5.74, 6) is 1.08. The van der Waals surface area contributed by atoms with Gasteiger partial charge < -0.3 is 9.47 Å². The van der Waals surface area contributed by atoms with E-state index in [1.165, 1.54) is 6.20 Å². The number of nitrogens with two attached hydrogens (primary N) is 1. The van der Waals surface area contributed by atoms with E-state index in [1.54, 1.807) is 18.2 Å². The lowest BCUT2D eigenvalue weighted by atomic mass is 10.1. The summed E-state index contributed by atoms with van der Waals surface area (Å²) < 4.78 is 33.2. The van der Waals surface area contributed by atoms with Crippen LogP contribution >= 0.6 is 0 Å². The normalized spacial score (nSPS) is 14.2. The Balaban J connectivity index is 2.40. The number of aromatic nitrogens is 1. The van der Waals surface area contributed by atoms with Crippen LogP contribution in [0.1, 0.15) is 0 Å². The van der Waals surface area contributed by atoms with E-state index in [0.717, 1.165) is 0 Å². The van der Waals surface area contributed by atoms with Gasteiger partial charge in [-0.3, -0.25) is 0 Å². The lowest BCUT2D eigenvalue weighted by molar-refractivity contribution is 0.174. The predicted molar refractivity (Wildman–Crippen MR) is 59.2 cm³/mol. The Bertz CT molecular complexity index is 712. The summed E-state index contributed by atoms with van der Waals surface area (Å²) in [6.45, 7) is 0.129. The molecule has 0 amide bonds. The third-order valence-corrected chi connectivity index (χ3v) is 3.35. The minimum atomic E-state index is -3.85. The first-order valence-corrected chi connectivity index (χ1v) is 6.31. The van der Waals surface area contributed by atoms with E-state index < -0.39 is 10.0 Å². The molecular formula is C10H8N2O4S. The number of sulfonamides is 1. The molecule has 1 aromatic carbocycles. The first-order valence-electron chi connectivity index (χ1n) is 4.77. The van der Waals surface area contributed by atoms with Crippen molar-refractivity contribution in [2.45, 2.75) is 5.03 Å². The summed E-state index contributed by atoms with van der Waals surface area (Å²) in [6, 6.07) is 4.96. The van der Waals surface area contributed by atoms with Crippen molar-refractivity contribution in [2.24, 2.45) is 5.14 Å². The van der Waals surface area contributed by atoms with Crippen molar-refractivity contribution >= 4 is 20.8 Å². The minimum Gasteiger partial charge on any atom is -0.454 e. The first-order chi connectivity index (χ1) is 8.05. The number of primary sulfonamides is 1. The van der Waals surface area contributed by atoms with Gasteiger partial charge in [0.2, 0.25) is 6.79 Å². The zero-order chi connectivity index (χ0) is 12.0. The van der Waals surface area contributed by atoms with E-state index in [1.807, 2.05) is 0 Å². The smallest absolute Gasteiger partial charge is 0.256 e. The lowest BCUT2D eigenvalue weighted by Crippen LogP contribution is -2.14. The van der Waals surface area contributed by atoms with Gasteiger partial charge in [0, 0.05) is 11.6 Å². The topological polar surface area (TPSA) is 91.5 Å². The Morgan fingerprint density at radius 3 is 2.65 bits per heavy atom. The van der Waals surface area contributed by atoms with Crippen molar-refractivity contribution in [2.75, 3.05) is 6.79 Å². The zero-order valence-electron chi connectivity index (χ0n) is 8.58. The molecule has 3 rings (SSSR count). The number of pyridine rings is 1. The maximum Gasteiger partial charge on any atom is 0.256 e. The molecule has 1 aliphatic heterocycles. The maximum absolute atomic E-state index is 11.4. The summed E-state index contributed by atoms with van der Waals surface area (Å²) in [6.07, 6.45) is 1.39. The van der Waals surface area contributed by atoms with Crippen LogP contribution in [-0.4, -0.2) is 20.2 Å². The van der Waals surface area contributed by atoms with Gasteiger partial charge in [-0.15, -0.1) is 0 Å². The number of benzene rings is 1. The third-order valence-electron chi connectivity index (χ3n) is 2.49. The van der Waals surface area contributed by atoms with Gasteiger partial charge in [0.1, 0.15) is 0 Å². The molecule has 0 spiro atoms. The molecule has 0 unspecified atom stereocenters. The molecule has 0 atom stereocenters. The molecule has 2 aromatic rings. The summed E-state index contributed by atoms with van der Waals surface area (Å²) in [4.78, 5) is 3.79. The third kappa shape index (κ3) is 1.60. The maximum atomic E-state index is 11.4. The van der Waals surface area contributed by atoms with Gasteiger partial charge in [0.15, 0.2) is 16.5 Å². The Morgan fingerprint density at radius 1 is 1.24 bits per heavy atom. The molecule has 0 bridgehead atoms. The minimum absolute atomic E-state index is 0.129. The lowest BCUT2D eigenvalue weighted by Gasteiger charge is -2.04. The van der Waals surface area contributed by atoms with Crippen molar-refractivity contribution in [1.82, 2.24) is 4.98 Å². The van der Waals surface area contributed by atoms with Crippen LogP contribution in [-0.2, 0) is 10.0 Å². The largest absolute Gasteiger partial charge is 0.454 e. The predicted octanol–water partition coefficient (Wildman–Crippen LogP) is 0.611. The molecule has 2 heterocycles. The Morgan fingerprint density at radius 2 is 1.94 bits per heavy atom. The number of hydrogen-bond donors (Lipinski definition) is 1. The van der Waals surface area contributed by atoms with Crippen LogP contribution in [0, 0.1) is 0 Å². The van der Waals surface area contributed by atoms with Gasteiger partial charge in [0.25, 0.3) is 10.0 Å². The van der Waals surface area contributed by atoms with E-state index in [-0.39, 0.29) is 11.8 Å². The number of nitrogens with zero attached hydrogens (tertiary/aromatic N) is 1. The standard InChI is InChI=1S/C10H8N2O4S/c11-17(13,14)10-7-4-9-8(15-5-16-9)3-6(7)1-2-12-10/h1-4H,5H2,(H2,11,13,14). The molecule has 1 aromatic heterocycles. The SMILES string of the molecule is NS(=O)(=O)c1nccc2cc3c(cc12)OCO3. The van der Waals surface area contributed by atoms with Crippen LogP contribution in [0.15, 0.2) is 29.4 Å². The molecule has 0 fully saturated rings. The van der Waals surface area contributed by atoms with Crippen LogP contribution in [0.5, 0.6) is 11.5 Å². The fraction of sp³-hybridized carbons (Fsp3) is 0.100. The first kappa shape index (κ1) is 10.3. The molecule has 7 heteroatoms. The molecule has 2 N–H and O–H groups in total. The molecule has 1 aliphatic rings. The summed E-state index contributed by atoms with van der Waals surface area (Å²) in [5, 5.41) is 6.06. The quantitative estimate of drug-likeness (QED) is 0.802. The number of hydrogen-bond acceptors (Lipinski definition) is 5. The van der Waals surface area contributed by atoms with E-state index >= 15 is 0 Å². The van der Waals surface area contributed by atoms with Gasteiger partial charge in [-0.25, -0.2) is 18.5 Å². The second-order valence-electron chi connectivity index (χ2n) is 3.59. The second kappa shape index (κ2) is 3.31. The van der Waals surface area contributed by atoms with Crippen molar-refractivity contribution in [3.63, 3.8) is 0 Å². The highest BCUT2D eigenvalue weighted by molar-refractivity contribution is 7.89. The van der Waals surface area contributed by atoms with Crippen LogP contribution in [0.2, 0.25) is 0 Å². The fourth-order valence-corrected chi connectivity index (χ4v) is 2.45. The second-order valence-corrected chi connectivity index (χ2v) is 5.06. The Labute approximate surface area is 97.0 Å². The Kier molecular flexibility index (Phi) is 2.01. The van der Waals surface area contributed by atoms with Crippen LogP contribution < -0.4 is 14.6 Å². The fourth-order valence-electron chi connectivity index (χ4n) is 1.76. The Hall–Kier alpha value is -1.86. The molecule has 0 aliphatic carbocycles. The number of ether oxygens (including phenoxy) is 2. The van der Waals surface area contributed by atoms with Gasteiger partial charge in [-0.1, -0.05) is 0 Å². The highest BCUT2D eigenvalue weighted by Gasteiger charge is 2.19. The average molecular weight is 252 g/mol. The van der Waals surface area contributed by atoms with Crippen molar-refractivity contribution in [3.8, 4) is 11.5 Å². The number of fused-ring (bicyclic) bond motifs is 2. The average Bonchev–Trinajstić information content (AvgIpc) is 2.70. The molecule has 0 saturated carbocycles. The molecule has 88 valence electrons. The van der Waals surface area contributed by atoms with Crippen LogP contribution in [0.25, 0.3) is 10.8 Å². The molecule has 0 radical (unpaired) electrons. The molecule has 17 heavy (non-hydrogen) atoms. The molecule has 6 nitrogen and oxygen atoms in total. The van der Waals surface area contributed by atoms with E-state index in [2.05, 4.69) is 4.98 Å². The number of rotatable bonds is 1.